The smallest absolute Gasteiger partial charge is 0.190 e. The Balaban J connectivity index is 1.84. The quantitative estimate of drug-likeness (QED) is 0.746. The highest BCUT2D eigenvalue weighted by Crippen LogP contribution is 2.18. The average molecular weight is 343 g/mol. The van der Waals surface area contributed by atoms with Crippen molar-refractivity contribution < 1.29 is 13.5 Å². The van der Waals surface area contributed by atoms with Crippen molar-refractivity contribution in [2.45, 2.75) is 30.2 Å². The summed E-state index contributed by atoms with van der Waals surface area (Å²) >= 11 is 1.17. The lowest BCUT2D eigenvalue weighted by Gasteiger charge is -2.11. The van der Waals surface area contributed by atoms with Gasteiger partial charge in [0.15, 0.2) is 9.84 Å². The van der Waals surface area contributed by atoms with Crippen molar-refractivity contribution in [1.29, 1.82) is 0 Å². The maximum atomic E-state index is 12.0. The fourth-order valence-electron chi connectivity index (χ4n) is 2.24. The van der Waals surface area contributed by atoms with Crippen LogP contribution in [0.5, 0.6) is 0 Å². The minimum Gasteiger partial charge on any atom is -0.391 e. The summed E-state index contributed by atoms with van der Waals surface area (Å²) in [6.45, 7) is 2.82. The van der Waals surface area contributed by atoms with Crippen molar-refractivity contribution in [2.75, 3.05) is 12.3 Å². The molecule has 1 unspecified atom stereocenters. The molecule has 2 rings (SSSR count). The molecule has 0 spiro atoms. The summed E-state index contributed by atoms with van der Waals surface area (Å²) in [5, 5.41) is 19.1. The fourth-order valence-corrected chi connectivity index (χ4v) is 4.72. The van der Waals surface area contributed by atoms with Gasteiger partial charge in [-0.05, 0) is 17.9 Å². The van der Waals surface area contributed by atoms with Crippen molar-refractivity contribution in [1.82, 2.24) is 15.1 Å². The van der Waals surface area contributed by atoms with Gasteiger partial charge in [0, 0.05) is 31.9 Å². The molecule has 2 aromatic heterocycles. The van der Waals surface area contributed by atoms with Crippen LogP contribution in [0, 0.1) is 0 Å². The molecule has 0 bridgehead atoms. The summed E-state index contributed by atoms with van der Waals surface area (Å²) in [6.07, 6.45) is 1.84. The number of nitrogens with zero attached hydrogens (tertiary/aromatic N) is 2. The number of aliphatic hydroxyl groups is 1. The fraction of sp³-hybridized carbons (Fsp3) is 0.500. The molecule has 0 aliphatic heterocycles. The van der Waals surface area contributed by atoms with Gasteiger partial charge in [0.05, 0.1) is 17.6 Å². The molecule has 0 amide bonds. The Hall–Kier alpha value is -1.22. The van der Waals surface area contributed by atoms with Gasteiger partial charge in [-0.25, -0.2) is 8.42 Å². The minimum absolute atomic E-state index is 0.225. The average Bonchev–Trinajstić information content (AvgIpc) is 3.07. The zero-order valence-electron chi connectivity index (χ0n) is 12.7. The van der Waals surface area contributed by atoms with E-state index < -0.39 is 15.9 Å². The van der Waals surface area contributed by atoms with Crippen LogP contribution in [-0.4, -0.2) is 41.7 Å². The van der Waals surface area contributed by atoms with E-state index in [0.717, 1.165) is 17.7 Å². The van der Waals surface area contributed by atoms with E-state index in [1.807, 2.05) is 20.2 Å². The molecule has 0 fully saturated rings. The third-order valence-electron chi connectivity index (χ3n) is 3.24. The van der Waals surface area contributed by atoms with Gasteiger partial charge < -0.3 is 10.4 Å². The molecule has 0 aliphatic rings. The van der Waals surface area contributed by atoms with E-state index in [1.165, 1.54) is 11.3 Å². The molecular weight excluding hydrogens is 322 g/mol. The molecule has 0 aromatic carbocycles. The Morgan fingerprint density at radius 2 is 2.27 bits per heavy atom. The van der Waals surface area contributed by atoms with Crippen LogP contribution in [0.1, 0.15) is 18.2 Å². The Kier molecular flexibility index (Phi) is 5.74. The second-order valence-electron chi connectivity index (χ2n) is 5.13. The zero-order chi connectivity index (χ0) is 16.2. The monoisotopic (exact) mass is 343 g/mol. The highest BCUT2D eigenvalue weighted by molar-refractivity contribution is 7.93. The Bertz CT molecular complexity index is 693. The minimum atomic E-state index is -3.41. The van der Waals surface area contributed by atoms with E-state index in [0.29, 0.717) is 10.8 Å². The van der Waals surface area contributed by atoms with Crippen molar-refractivity contribution in [3.8, 4) is 0 Å². The molecule has 2 heterocycles. The number of thiophene rings is 1. The van der Waals surface area contributed by atoms with Crippen LogP contribution in [0.4, 0.5) is 0 Å². The maximum absolute atomic E-state index is 12.0. The summed E-state index contributed by atoms with van der Waals surface area (Å²) in [6, 6.07) is 3.25. The highest BCUT2D eigenvalue weighted by atomic mass is 32.2. The first kappa shape index (κ1) is 17.1. The van der Waals surface area contributed by atoms with E-state index in [-0.39, 0.29) is 12.3 Å². The van der Waals surface area contributed by atoms with Crippen LogP contribution >= 0.6 is 11.3 Å². The third kappa shape index (κ3) is 4.39. The molecule has 8 heteroatoms. The number of rotatable bonds is 8. The molecule has 0 radical (unpaired) electrons. The van der Waals surface area contributed by atoms with E-state index >= 15 is 0 Å². The molecule has 2 aromatic rings. The topological polar surface area (TPSA) is 84.2 Å². The van der Waals surface area contributed by atoms with Gasteiger partial charge in [-0.1, -0.05) is 13.0 Å². The van der Waals surface area contributed by atoms with Crippen molar-refractivity contribution >= 4 is 21.2 Å². The first-order chi connectivity index (χ1) is 10.4. The zero-order valence-corrected chi connectivity index (χ0v) is 14.3. The Morgan fingerprint density at radius 3 is 2.91 bits per heavy atom. The second-order valence-corrected chi connectivity index (χ2v) is 8.34. The molecule has 1 atom stereocenters. The molecule has 122 valence electrons. The van der Waals surface area contributed by atoms with Crippen molar-refractivity contribution in [3.05, 3.63) is 35.0 Å². The van der Waals surface area contributed by atoms with Gasteiger partial charge in [0.1, 0.15) is 4.21 Å². The van der Waals surface area contributed by atoms with E-state index in [9.17, 15) is 13.5 Å². The Labute approximate surface area is 134 Å². The largest absolute Gasteiger partial charge is 0.391 e. The van der Waals surface area contributed by atoms with Crippen LogP contribution in [0.15, 0.2) is 27.9 Å². The molecule has 0 saturated heterocycles. The molecular formula is C14H21N3O3S2. The van der Waals surface area contributed by atoms with Gasteiger partial charge in [-0.3, -0.25) is 4.68 Å². The number of sulfone groups is 1. The standard InChI is InChI=1S/C14H21N3O3S2/c1-3-13-11(9-17(2)16-13)7-15-8-12(18)10-22(19,20)14-5-4-6-21-14/h4-6,9,12,15,18H,3,7-8,10H2,1-2H3. The number of aryl methyl sites for hydroxylation is 2. The van der Waals surface area contributed by atoms with Crippen molar-refractivity contribution in [3.63, 3.8) is 0 Å². The van der Waals surface area contributed by atoms with Gasteiger partial charge in [0.25, 0.3) is 0 Å². The van der Waals surface area contributed by atoms with Gasteiger partial charge in [0.2, 0.25) is 0 Å². The lowest BCUT2D eigenvalue weighted by atomic mass is 10.2. The predicted octanol–water partition coefficient (Wildman–Crippen LogP) is 0.968. The second kappa shape index (κ2) is 7.36. The van der Waals surface area contributed by atoms with E-state index in [1.54, 1.807) is 22.2 Å². The van der Waals surface area contributed by atoms with Gasteiger partial charge in [-0.2, -0.15) is 5.10 Å². The van der Waals surface area contributed by atoms with Crippen LogP contribution in [0.25, 0.3) is 0 Å². The Morgan fingerprint density at radius 1 is 1.50 bits per heavy atom. The SMILES string of the molecule is CCc1nn(C)cc1CNCC(O)CS(=O)(=O)c1cccs1. The normalized spacial score (nSPS) is 13.4. The highest BCUT2D eigenvalue weighted by Gasteiger charge is 2.20. The summed E-state index contributed by atoms with van der Waals surface area (Å²) < 4.78 is 26.2. The summed E-state index contributed by atoms with van der Waals surface area (Å²) in [4.78, 5) is 0. The number of hydrogen-bond acceptors (Lipinski definition) is 6. The predicted molar refractivity (Wildman–Crippen MR) is 86.7 cm³/mol. The van der Waals surface area contributed by atoms with Crippen LogP contribution < -0.4 is 5.32 Å². The number of aliphatic hydroxyl groups excluding tert-OH is 1. The van der Waals surface area contributed by atoms with E-state index in [4.69, 9.17) is 0 Å². The van der Waals surface area contributed by atoms with Crippen LogP contribution in [0.3, 0.4) is 0 Å². The number of hydrogen-bond donors (Lipinski definition) is 2. The van der Waals surface area contributed by atoms with Crippen LogP contribution in [-0.2, 0) is 29.9 Å². The molecule has 0 aliphatic carbocycles. The first-order valence-electron chi connectivity index (χ1n) is 7.09. The lowest BCUT2D eigenvalue weighted by Crippen LogP contribution is -2.32. The third-order valence-corrected chi connectivity index (χ3v) is 6.52. The molecule has 22 heavy (non-hydrogen) atoms. The van der Waals surface area contributed by atoms with Crippen molar-refractivity contribution in [2.24, 2.45) is 7.05 Å². The number of aromatic nitrogens is 2. The first-order valence-corrected chi connectivity index (χ1v) is 9.62. The van der Waals surface area contributed by atoms with E-state index in [2.05, 4.69) is 10.4 Å². The molecule has 0 saturated carbocycles. The number of nitrogens with one attached hydrogen (secondary N) is 1. The lowest BCUT2D eigenvalue weighted by molar-refractivity contribution is 0.193. The summed E-state index contributed by atoms with van der Waals surface area (Å²) in [5.74, 6) is -0.270. The maximum Gasteiger partial charge on any atom is 0.190 e. The van der Waals surface area contributed by atoms with Gasteiger partial charge >= 0.3 is 0 Å². The molecule has 2 N–H and O–H groups in total. The summed E-state index contributed by atoms with van der Waals surface area (Å²) in [7, 11) is -1.54. The molecule has 6 nitrogen and oxygen atoms in total. The van der Waals surface area contributed by atoms with Gasteiger partial charge in [-0.15, -0.1) is 11.3 Å². The summed E-state index contributed by atoms with van der Waals surface area (Å²) in [5.41, 5.74) is 2.08. The van der Waals surface area contributed by atoms with Crippen LogP contribution in [0.2, 0.25) is 0 Å².